The number of nitrogens with two attached hydrogens (primary N) is 1. The average molecular weight is 253 g/mol. The standard InChI is InChI=1S/C13H23N3S/c1-10-15-11(8-17-10)7-16(4)13(3,9-14)12(2)5-6-12/h8H,5-7,9,14H2,1-4H3. The summed E-state index contributed by atoms with van der Waals surface area (Å²) >= 11 is 1.72. The molecule has 2 rings (SSSR count). The van der Waals surface area contributed by atoms with Gasteiger partial charge in [0.25, 0.3) is 0 Å². The van der Waals surface area contributed by atoms with Gasteiger partial charge in [-0.15, -0.1) is 11.3 Å². The van der Waals surface area contributed by atoms with Crippen molar-refractivity contribution in [1.29, 1.82) is 0 Å². The van der Waals surface area contributed by atoms with E-state index in [4.69, 9.17) is 5.73 Å². The molecule has 1 fully saturated rings. The number of aromatic nitrogens is 1. The zero-order valence-electron chi connectivity index (χ0n) is 11.3. The molecule has 0 bridgehead atoms. The summed E-state index contributed by atoms with van der Waals surface area (Å²) in [7, 11) is 2.17. The fraction of sp³-hybridized carbons (Fsp3) is 0.769. The molecule has 1 aliphatic rings. The highest BCUT2D eigenvalue weighted by molar-refractivity contribution is 7.09. The third kappa shape index (κ3) is 2.26. The zero-order valence-corrected chi connectivity index (χ0v) is 12.1. The van der Waals surface area contributed by atoms with Gasteiger partial charge >= 0.3 is 0 Å². The maximum absolute atomic E-state index is 6.03. The van der Waals surface area contributed by atoms with Crippen molar-refractivity contribution in [2.24, 2.45) is 11.1 Å². The SMILES string of the molecule is Cc1nc(CN(C)C(C)(CN)C2(C)CC2)cs1. The molecule has 1 aromatic heterocycles. The summed E-state index contributed by atoms with van der Waals surface area (Å²) in [5.41, 5.74) is 7.68. The molecule has 4 heteroatoms. The summed E-state index contributed by atoms with van der Waals surface area (Å²) in [4.78, 5) is 6.92. The first-order valence-corrected chi connectivity index (χ1v) is 7.11. The molecule has 1 aromatic rings. The van der Waals surface area contributed by atoms with E-state index in [0.29, 0.717) is 12.0 Å². The number of aryl methyl sites for hydroxylation is 1. The van der Waals surface area contributed by atoms with Crippen molar-refractivity contribution in [2.75, 3.05) is 13.6 Å². The Hall–Kier alpha value is -0.450. The van der Waals surface area contributed by atoms with Gasteiger partial charge in [-0.1, -0.05) is 6.92 Å². The quantitative estimate of drug-likeness (QED) is 0.876. The highest BCUT2D eigenvalue weighted by atomic mass is 32.1. The molecular weight excluding hydrogens is 230 g/mol. The molecule has 3 nitrogen and oxygen atoms in total. The topological polar surface area (TPSA) is 42.2 Å². The normalized spacial score (nSPS) is 21.5. The minimum Gasteiger partial charge on any atom is -0.329 e. The average Bonchev–Trinajstić information content (AvgIpc) is 2.92. The lowest BCUT2D eigenvalue weighted by Crippen LogP contribution is -2.55. The van der Waals surface area contributed by atoms with E-state index in [9.17, 15) is 0 Å². The Balaban J connectivity index is 2.10. The lowest BCUT2D eigenvalue weighted by Gasteiger charge is -2.43. The second-order valence-electron chi connectivity index (χ2n) is 5.75. The van der Waals surface area contributed by atoms with Crippen LogP contribution in [0, 0.1) is 12.3 Å². The molecule has 1 atom stereocenters. The van der Waals surface area contributed by atoms with E-state index in [1.54, 1.807) is 11.3 Å². The largest absolute Gasteiger partial charge is 0.329 e. The van der Waals surface area contributed by atoms with Gasteiger partial charge in [-0.25, -0.2) is 4.98 Å². The maximum Gasteiger partial charge on any atom is 0.0897 e. The first kappa shape index (κ1) is 13.0. The molecule has 1 aliphatic carbocycles. The summed E-state index contributed by atoms with van der Waals surface area (Å²) in [5, 5.41) is 3.29. The molecule has 1 heterocycles. The number of thiazole rings is 1. The highest BCUT2D eigenvalue weighted by Gasteiger charge is 2.54. The molecule has 1 saturated carbocycles. The van der Waals surface area contributed by atoms with Crippen molar-refractivity contribution in [1.82, 2.24) is 9.88 Å². The van der Waals surface area contributed by atoms with E-state index < -0.39 is 0 Å². The first-order valence-electron chi connectivity index (χ1n) is 6.24. The van der Waals surface area contributed by atoms with Gasteiger partial charge in [-0.2, -0.15) is 0 Å². The van der Waals surface area contributed by atoms with E-state index in [-0.39, 0.29) is 5.54 Å². The molecule has 0 radical (unpaired) electrons. The number of hydrogen-bond donors (Lipinski definition) is 1. The number of nitrogens with zero attached hydrogens (tertiary/aromatic N) is 2. The van der Waals surface area contributed by atoms with Crippen LogP contribution in [0.3, 0.4) is 0 Å². The Morgan fingerprint density at radius 2 is 2.24 bits per heavy atom. The summed E-state index contributed by atoms with van der Waals surface area (Å²) in [6.45, 7) is 8.30. The summed E-state index contributed by atoms with van der Waals surface area (Å²) in [6.07, 6.45) is 2.59. The molecule has 0 spiro atoms. The molecule has 0 aromatic carbocycles. The van der Waals surface area contributed by atoms with Gasteiger partial charge in [0.15, 0.2) is 0 Å². The Morgan fingerprint density at radius 1 is 1.59 bits per heavy atom. The van der Waals surface area contributed by atoms with Crippen LogP contribution in [0.15, 0.2) is 5.38 Å². The molecule has 2 N–H and O–H groups in total. The van der Waals surface area contributed by atoms with E-state index >= 15 is 0 Å². The van der Waals surface area contributed by atoms with Crippen LogP contribution in [-0.4, -0.2) is 29.0 Å². The third-order valence-electron chi connectivity index (χ3n) is 4.61. The van der Waals surface area contributed by atoms with E-state index in [1.807, 2.05) is 0 Å². The van der Waals surface area contributed by atoms with Crippen molar-refractivity contribution < 1.29 is 0 Å². The summed E-state index contributed by atoms with van der Waals surface area (Å²) in [6, 6.07) is 0. The predicted octanol–water partition coefficient (Wildman–Crippen LogP) is 2.40. The van der Waals surface area contributed by atoms with Crippen molar-refractivity contribution in [2.45, 2.75) is 45.7 Å². The van der Waals surface area contributed by atoms with Crippen LogP contribution in [0.1, 0.15) is 37.4 Å². The van der Waals surface area contributed by atoms with Crippen LogP contribution in [0.5, 0.6) is 0 Å². The van der Waals surface area contributed by atoms with Gasteiger partial charge in [0.2, 0.25) is 0 Å². The zero-order chi connectivity index (χ0) is 12.7. The summed E-state index contributed by atoms with van der Waals surface area (Å²) in [5.74, 6) is 0. The van der Waals surface area contributed by atoms with Crippen LogP contribution < -0.4 is 5.73 Å². The lowest BCUT2D eigenvalue weighted by atomic mass is 9.82. The molecule has 96 valence electrons. The van der Waals surface area contributed by atoms with Crippen molar-refractivity contribution in [3.05, 3.63) is 16.1 Å². The molecule has 0 amide bonds. The fourth-order valence-electron chi connectivity index (χ4n) is 2.49. The molecule has 0 aliphatic heterocycles. The van der Waals surface area contributed by atoms with E-state index in [1.165, 1.54) is 18.5 Å². The number of hydrogen-bond acceptors (Lipinski definition) is 4. The minimum absolute atomic E-state index is 0.0878. The smallest absolute Gasteiger partial charge is 0.0897 e. The van der Waals surface area contributed by atoms with Gasteiger partial charge < -0.3 is 5.73 Å². The second kappa shape index (κ2) is 4.34. The monoisotopic (exact) mass is 253 g/mol. The molecule has 17 heavy (non-hydrogen) atoms. The van der Waals surface area contributed by atoms with Crippen molar-refractivity contribution >= 4 is 11.3 Å². The molecule has 1 unspecified atom stereocenters. The number of rotatable bonds is 5. The van der Waals surface area contributed by atoms with Gasteiger partial charge in [-0.05, 0) is 39.2 Å². The van der Waals surface area contributed by atoms with Crippen LogP contribution in [0.25, 0.3) is 0 Å². The predicted molar refractivity (Wildman–Crippen MR) is 73.1 cm³/mol. The number of likely N-dealkylation sites (N-methyl/N-ethyl adjacent to an activating group) is 1. The fourth-order valence-corrected chi connectivity index (χ4v) is 3.09. The minimum atomic E-state index is 0.0878. The van der Waals surface area contributed by atoms with Crippen LogP contribution >= 0.6 is 11.3 Å². The molecule has 0 saturated heterocycles. The van der Waals surface area contributed by atoms with Crippen molar-refractivity contribution in [3.8, 4) is 0 Å². The lowest BCUT2D eigenvalue weighted by molar-refractivity contribution is 0.0650. The van der Waals surface area contributed by atoms with Crippen molar-refractivity contribution in [3.63, 3.8) is 0 Å². The Bertz CT molecular complexity index is 397. The van der Waals surface area contributed by atoms with Gasteiger partial charge in [0.1, 0.15) is 0 Å². The van der Waals surface area contributed by atoms with Gasteiger partial charge in [0.05, 0.1) is 10.7 Å². The maximum atomic E-state index is 6.03. The van der Waals surface area contributed by atoms with E-state index in [0.717, 1.165) is 11.6 Å². The highest BCUT2D eigenvalue weighted by Crippen LogP contribution is 2.55. The van der Waals surface area contributed by atoms with Gasteiger partial charge in [-0.3, -0.25) is 4.90 Å². The van der Waals surface area contributed by atoms with Crippen LogP contribution in [0.2, 0.25) is 0 Å². The Labute approximate surface area is 108 Å². The van der Waals surface area contributed by atoms with Crippen LogP contribution in [0.4, 0.5) is 0 Å². The molecular formula is C13H23N3S. The third-order valence-corrected chi connectivity index (χ3v) is 5.43. The van der Waals surface area contributed by atoms with Crippen LogP contribution in [-0.2, 0) is 6.54 Å². The Kier molecular flexibility index (Phi) is 3.31. The Morgan fingerprint density at radius 3 is 2.65 bits per heavy atom. The second-order valence-corrected chi connectivity index (χ2v) is 6.81. The van der Waals surface area contributed by atoms with E-state index in [2.05, 4.69) is 43.1 Å². The first-order chi connectivity index (χ1) is 7.91. The van der Waals surface area contributed by atoms with Gasteiger partial charge in [0, 0.05) is 24.0 Å². The summed E-state index contributed by atoms with van der Waals surface area (Å²) < 4.78 is 0.